The predicted octanol–water partition coefficient (Wildman–Crippen LogP) is 4.16. The van der Waals surface area contributed by atoms with Crippen LogP contribution in [0.1, 0.15) is 46.5 Å². The van der Waals surface area contributed by atoms with Gasteiger partial charge in [0.15, 0.2) is 11.5 Å². The minimum absolute atomic E-state index is 0.149. The number of halogens is 1. The molecule has 0 heterocycles. The van der Waals surface area contributed by atoms with Crippen molar-refractivity contribution in [3.63, 3.8) is 0 Å². The van der Waals surface area contributed by atoms with Gasteiger partial charge in [0.2, 0.25) is 0 Å². The molecule has 6 nitrogen and oxygen atoms in total. The summed E-state index contributed by atoms with van der Waals surface area (Å²) >= 11 is 6.36. The van der Waals surface area contributed by atoms with Gasteiger partial charge in [-0.05, 0) is 43.2 Å². The fourth-order valence-corrected chi connectivity index (χ4v) is 3.04. The van der Waals surface area contributed by atoms with Gasteiger partial charge >= 0.3 is 0 Å². The van der Waals surface area contributed by atoms with Crippen LogP contribution in [0.4, 0.5) is 0 Å². The molecule has 0 unspecified atom stereocenters. The Morgan fingerprint density at radius 2 is 1.76 bits per heavy atom. The average Bonchev–Trinajstić information content (AvgIpc) is 2.72. The molecule has 0 saturated carbocycles. The van der Waals surface area contributed by atoms with Crippen molar-refractivity contribution in [1.29, 1.82) is 0 Å². The van der Waals surface area contributed by atoms with Gasteiger partial charge in [0.05, 0.1) is 18.2 Å². The van der Waals surface area contributed by atoms with E-state index >= 15 is 0 Å². The van der Waals surface area contributed by atoms with Gasteiger partial charge < -0.3 is 19.7 Å². The molecule has 7 heteroatoms. The Hall–Kier alpha value is -2.73. The fourth-order valence-electron chi connectivity index (χ4n) is 2.77. The number of hydrogen-bond acceptors (Lipinski definition) is 4. The third-order valence-corrected chi connectivity index (χ3v) is 4.50. The summed E-state index contributed by atoms with van der Waals surface area (Å²) in [6, 6.07) is 10.4. The molecule has 0 bridgehead atoms. The van der Waals surface area contributed by atoms with Crippen molar-refractivity contribution < 1.29 is 19.1 Å². The molecular weight excluding hydrogens is 392 g/mol. The smallest absolute Gasteiger partial charge is 0.254 e. The molecule has 0 fully saturated rings. The second kappa shape index (κ2) is 10.7. The van der Waals surface area contributed by atoms with Gasteiger partial charge in [-0.2, -0.15) is 0 Å². The molecule has 0 spiro atoms. The summed E-state index contributed by atoms with van der Waals surface area (Å²) in [7, 11) is 3.30. The molecule has 2 amide bonds. The normalized spacial score (nSPS) is 10.4. The van der Waals surface area contributed by atoms with Gasteiger partial charge in [-0.1, -0.05) is 30.7 Å². The van der Waals surface area contributed by atoms with Crippen LogP contribution in [-0.4, -0.2) is 44.0 Å². The summed E-state index contributed by atoms with van der Waals surface area (Å²) in [6.07, 6.45) is 0.837. The van der Waals surface area contributed by atoms with E-state index in [1.54, 1.807) is 43.3 Å². The van der Waals surface area contributed by atoms with Crippen LogP contribution >= 0.6 is 11.6 Å². The largest absolute Gasteiger partial charge is 0.490 e. The zero-order valence-corrected chi connectivity index (χ0v) is 18.0. The first-order valence-electron chi connectivity index (χ1n) is 9.56. The first kappa shape index (κ1) is 22.6. The van der Waals surface area contributed by atoms with Gasteiger partial charge in [-0.25, -0.2) is 0 Å². The maximum Gasteiger partial charge on any atom is 0.254 e. The first-order valence-corrected chi connectivity index (χ1v) is 9.94. The molecule has 0 saturated heterocycles. The number of rotatable bonds is 9. The minimum atomic E-state index is -0.190. The lowest BCUT2D eigenvalue weighted by Gasteiger charge is -2.19. The van der Waals surface area contributed by atoms with E-state index in [-0.39, 0.29) is 11.8 Å². The van der Waals surface area contributed by atoms with Gasteiger partial charge in [0.1, 0.15) is 0 Å². The number of nitrogens with zero attached hydrogens (tertiary/aromatic N) is 1. The van der Waals surface area contributed by atoms with Gasteiger partial charge in [-0.3, -0.25) is 9.59 Å². The third-order valence-electron chi connectivity index (χ3n) is 4.22. The standard InChI is InChI=1S/C22H27ClN2O4/c1-5-11-29-20-18(23)12-17(13-19(20)28-6-2)22(27)25(4)14-15-7-9-16(10-8-15)21(26)24-3/h7-10,12-13H,5-6,11,14H2,1-4H3,(H,24,26). The molecule has 2 aromatic carbocycles. The average molecular weight is 419 g/mol. The Bertz CT molecular complexity index is 853. The van der Waals surface area contributed by atoms with Crippen LogP contribution < -0.4 is 14.8 Å². The summed E-state index contributed by atoms with van der Waals surface area (Å²) in [5.41, 5.74) is 1.90. The zero-order chi connectivity index (χ0) is 21.4. The molecule has 0 aliphatic heterocycles. The SMILES string of the molecule is CCCOc1c(Cl)cc(C(=O)N(C)Cc2ccc(C(=O)NC)cc2)cc1OCC. The maximum absolute atomic E-state index is 12.9. The van der Waals surface area contributed by atoms with E-state index in [1.807, 2.05) is 26.0 Å². The highest BCUT2D eigenvalue weighted by Crippen LogP contribution is 2.37. The van der Waals surface area contributed by atoms with Crippen molar-refractivity contribution in [1.82, 2.24) is 10.2 Å². The van der Waals surface area contributed by atoms with Crippen LogP contribution in [0.15, 0.2) is 36.4 Å². The van der Waals surface area contributed by atoms with E-state index in [2.05, 4.69) is 5.32 Å². The van der Waals surface area contributed by atoms with E-state index in [4.69, 9.17) is 21.1 Å². The molecule has 2 rings (SSSR count). The quantitative estimate of drug-likeness (QED) is 0.664. The van der Waals surface area contributed by atoms with Crippen molar-refractivity contribution in [2.75, 3.05) is 27.3 Å². The first-order chi connectivity index (χ1) is 13.9. The number of benzene rings is 2. The maximum atomic E-state index is 12.9. The zero-order valence-electron chi connectivity index (χ0n) is 17.3. The number of hydrogen-bond donors (Lipinski definition) is 1. The molecule has 1 N–H and O–H groups in total. The van der Waals surface area contributed by atoms with E-state index in [0.29, 0.717) is 47.4 Å². The van der Waals surface area contributed by atoms with Gasteiger partial charge in [-0.15, -0.1) is 0 Å². The number of ether oxygens (including phenoxy) is 2. The van der Waals surface area contributed by atoms with Crippen molar-refractivity contribution in [2.45, 2.75) is 26.8 Å². The Labute approximate surface area is 176 Å². The fraction of sp³-hybridized carbons (Fsp3) is 0.364. The Morgan fingerprint density at radius 1 is 1.07 bits per heavy atom. The monoisotopic (exact) mass is 418 g/mol. The lowest BCUT2D eigenvalue weighted by Crippen LogP contribution is -2.26. The van der Waals surface area contributed by atoms with Crippen LogP contribution in [0.25, 0.3) is 0 Å². The number of amides is 2. The molecule has 2 aromatic rings. The van der Waals surface area contributed by atoms with Crippen LogP contribution in [0.3, 0.4) is 0 Å². The number of nitrogens with one attached hydrogen (secondary N) is 1. The second-order valence-electron chi connectivity index (χ2n) is 6.50. The van der Waals surface area contributed by atoms with Crippen molar-refractivity contribution in [3.8, 4) is 11.5 Å². The summed E-state index contributed by atoms with van der Waals surface area (Å²) in [5, 5.41) is 2.92. The predicted molar refractivity (Wildman–Crippen MR) is 114 cm³/mol. The molecule has 0 atom stereocenters. The lowest BCUT2D eigenvalue weighted by atomic mass is 10.1. The van der Waals surface area contributed by atoms with Crippen LogP contribution in [0, 0.1) is 0 Å². The lowest BCUT2D eigenvalue weighted by molar-refractivity contribution is 0.0784. The Kier molecular flexibility index (Phi) is 8.34. The second-order valence-corrected chi connectivity index (χ2v) is 6.91. The van der Waals surface area contributed by atoms with E-state index in [0.717, 1.165) is 12.0 Å². The van der Waals surface area contributed by atoms with Crippen LogP contribution in [0.2, 0.25) is 5.02 Å². The van der Waals surface area contributed by atoms with E-state index in [1.165, 1.54) is 0 Å². The van der Waals surface area contributed by atoms with E-state index in [9.17, 15) is 9.59 Å². The molecule has 0 radical (unpaired) electrons. The highest BCUT2D eigenvalue weighted by atomic mass is 35.5. The third kappa shape index (κ3) is 5.87. The molecule has 29 heavy (non-hydrogen) atoms. The molecule has 0 aliphatic carbocycles. The summed E-state index contributed by atoms with van der Waals surface area (Å²) in [4.78, 5) is 26.1. The van der Waals surface area contributed by atoms with Crippen LogP contribution in [-0.2, 0) is 6.54 Å². The Balaban J connectivity index is 2.18. The number of carbonyl (C=O) groups is 2. The van der Waals surface area contributed by atoms with E-state index < -0.39 is 0 Å². The summed E-state index contributed by atoms with van der Waals surface area (Å²) in [5.74, 6) is 0.578. The molecule has 156 valence electrons. The Morgan fingerprint density at radius 3 is 2.34 bits per heavy atom. The number of carbonyl (C=O) groups excluding carboxylic acids is 2. The summed E-state index contributed by atoms with van der Waals surface area (Å²) < 4.78 is 11.3. The molecule has 0 aliphatic rings. The topological polar surface area (TPSA) is 67.9 Å². The van der Waals surface area contributed by atoms with Crippen LogP contribution in [0.5, 0.6) is 11.5 Å². The molecular formula is C22H27ClN2O4. The highest BCUT2D eigenvalue weighted by molar-refractivity contribution is 6.32. The van der Waals surface area contributed by atoms with Gasteiger partial charge in [0, 0.05) is 31.8 Å². The van der Waals surface area contributed by atoms with Crippen molar-refractivity contribution in [2.24, 2.45) is 0 Å². The minimum Gasteiger partial charge on any atom is -0.490 e. The van der Waals surface area contributed by atoms with Crippen molar-refractivity contribution in [3.05, 3.63) is 58.1 Å². The van der Waals surface area contributed by atoms with Gasteiger partial charge in [0.25, 0.3) is 11.8 Å². The molecule has 0 aromatic heterocycles. The highest BCUT2D eigenvalue weighted by Gasteiger charge is 2.19. The van der Waals surface area contributed by atoms with Crippen molar-refractivity contribution >= 4 is 23.4 Å². The summed E-state index contributed by atoms with van der Waals surface area (Å²) in [6.45, 7) is 5.20.